The molecule has 46 heavy (non-hydrogen) atoms. The average molecular weight is 609 g/mol. The second-order valence-electron chi connectivity index (χ2n) is 11.2. The number of nitrogens with zero attached hydrogens (tertiary/aromatic N) is 8. The van der Waals surface area contributed by atoms with Crippen LogP contribution >= 0.6 is 0 Å². The molecule has 0 saturated carbocycles. The Kier molecular flexibility index (Phi) is 12.1. The van der Waals surface area contributed by atoms with Gasteiger partial charge in [0, 0.05) is 86.2 Å². The summed E-state index contributed by atoms with van der Waals surface area (Å²) in [5.41, 5.74) is 8.61. The molecular formula is C38H40N8. The lowest BCUT2D eigenvalue weighted by Crippen LogP contribution is -2.35. The van der Waals surface area contributed by atoms with Crippen molar-refractivity contribution in [2.45, 2.75) is 39.4 Å². The molecule has 0 aromatic carbocycles. The molecule has 6 aromatic heterocycles. The van der Waals surface area contributed by atoms with Gasteiger partial charge in [-0.2, -0.15) is 0 Å². The van der Waals surface area contributed by atoms with Crippen LogP contribution in [0.4, 0.5) is 0 Å². The zero-order chi connectivity index (χ0) is 31.8. The second-order valence-corrected chi connectivity index (χ2v) is 11.2. The summed E-state index contributed by atoms with van der Waals surface area (Å²) in [5.74, 6) is 0. The summed E-state index contributed by atoms with van der Waals surface area (Å²) in [6, 6.07) is 34.3. The quantitative estimate of drug-likeness (QED) is 0.149. The molecule has 0 N–H and O–H groups in total. The van der Waals surface area contributed by atoms with Crippen molar-refractivity contribution >= 4 is 0 Å². The maximum atomic E-state index is 4.74. The lowest BCUT2D eigenvalue weighted by atomic mass is 10.1. The van der Waals surface area contributed by atoms with Crippen LogP contribution in [0.5, 0.6) is 0 Å². The summed E-state index contributed by atoms with van der Waals surface area (Å²) in [5, 5.41) is 0. The van der Waals surface area contributed by atoms with Crippen LogP contribution in [0.25, 0.3) is 0 Å². The van der Waals surface area contributed by atoms with Crippen LogP contribution in [0.2, 0.25) is 0 Å². The summed E-state index contributed by atoms with van der Waals surface area (Å²) in [6.45, 7) is 5.28. The van der Waals surface area contributed by atoms with Crippen molar-refractivity contribution in [1.82, 2.24) is 39.7 Å². The molecule has 0 atom stereocenters. The van der Waals surface area contributed by atoms with Gasteiger partial charge < -0.3 is 0 Å². The fourth-order valence-electron chi connectivity index (χ4n) is 5.13. The minimum atomic E-state index is 0.762. The minimum absolute atomic E-state index is 0.762. The van der Waals surface area contributed by atoms with Gasteiger partial charge in [0.1, 0.15) is 0 Å². The molecular weight excluding hydrogens is 568 g/mol. The van der Waals surface area contributed by atoms with Gasteiger partial charge in [-0.1, -0.05) is 30.3 Å². The first-order valence-electron chi connectivity index (χ1n) is 15.5. The third-order valence-corrected chi connectivity index (χ3v) is 7.08. The third kappa shape index (κ3) is 11.1. The predicted octanol–water partition coefficient (Wildman–Crippen LogP) is 6.32. The lowest BCUT2D eigenvalue weighted by Gasteiger charge is -2.27. The molecule has 0 aliphatic heterocycles. The van der Waals surface area contributed by atoms with Gasteiger partial charge in [0.05, 0.1) is 23.8 Å². The van der Waals surface area contributed by atoms with Gasteiger partial charge in [-0.3, -0.25) is 39.7 Å². The predicted molar refractivity (Wildman–Crippen MR) is 181 cm³/mol. The molecule has 0 radical (unpaired) electrons. The Balaban J connectivity index is 0.000000184. The summed E-state index contributed by atoms with van der Waals surface area (Å²) in [4.78, 5) is 31.4. The average Bonchev–Trinajstić information content (AvgIpc) is 3.07. The highest BCUT2D eigenvalue weighted by molar-refractivity contribution is 5.26. The van der Waals surface area contributed by atoms with Gasteiger partial charge >= 0.3 is 0 Å². The minimum Gasteiger partial charge on any atom is -0.288 e. The molecule has 0 bridgehead atoms. The Hall–Kier alpha value is -5.18. The Labute approximate surface area is 271 Å². The van der Waals surface area contributed by atoms with Gasteiger partial charge in [-0.15, -0.1) is 0 Å². The number of pyridine rings is 6. The highest BCUT2D eigenvalue weighted by Crippen LogP contribution is 2.13. The van der Waals surface area contributed by atoms with E-state index in [4.69, 9.17) is 4.98 Å². The standard InChI is InChI=1S/C20H23N5.C18H17N3/c1-24(14-18-8-2-5-11-21-18)17-25(15-19-9-3-6-12-22-19)16-20-10-4-7-13-23-20;1-14-10-17(12-15-6-2-4-8-19-15)21-18(11-14)13-16-7-3-5-9-20-16/h2-13H,14-17H2,1H3;2-11H,12-13H2,1H3. The smallest absolute Gasteiger partial charge is 0.0544 e. The normalized spacial score (nSPS) is 10.9. The fraction of sp³-hybridized carbons (Fsp3) is 0.211. The van der Waals surface area contributed by atoms with E-state index in [0.717, 1.165) is 79.0 Å². The fourth-order valence-corrected chi connectivity index (χ4v) is 5.13. The van der Waals surface area contributed by atoms with Crippen molar-refractivity contribution in [3.63, 3.8) is 0 Å². The Morgan fingerprint density at radius 1 is 0.457 bits per heavy atom. The van der Waals surface area contributed by atoms with E-state index in [1.807, 2.05) is 104 Å². The number of hydrogen-bond donors (Lipinski definition) is 0. The number of hydrogen-bond acceptors (Lipinski definition) is 8. The van der Waals surface area contributed by atoms with Crippen LogP contribution in [-0.2, 0) is 32.5 Å². The molecule has 6 rings (SSSR count). The van der Waals surface area contributed by atoms with Crippen LogP contribution in [0.1, 0.15) is 45.4 Å². The van der Waals surface area contributed by atoms with E-state index in [1.54, 1.807) is 0 Å². The van der Waals surface area contributed by atoms with E-state index in [1.165, 1.54) is 5.56 Å². The zero-order valence-electron chi connectivity index (χ0n) is 26.5. The summed E-state index contributed by atoms with van der Waals surface area (Å²) < 4.78 is 0. The number of aryl methyl sites for hydroxylation is 1. The van der Waals surface area contributed by atoms with E-state index in [9.17, 15) is 0 Å². The van der Waals surface area contributed by atoms with Crippen molar-refractivity contribution in [3.05, 3.63) is 180 Å². The van der Waals surface area contributed by atoms with Gasteiger partial charge in [-0.25, -0.2) is 0 Å². The van der Waals surface area contributed by atoms with Crippen molar-refractivity contribution in [1.29, 1.82) is 0 Å². The first kappa shape index (κ1) is 32.2. The van der Waals surface area contributed by atoms with Gasteiger partial charge in [0.15, 0.2) is 0 Å². The molecule has 0 aliphatic rings. The van der Waals surface area contributed by atoms with E-state index in [2.05, 4.69) is 79.0 Å². The van der Waals surface area contributed by atoms with E-state index in [0.29, 0.717) is 0 Å². The zero-order valence-corrected chi connectivity index (χ0v) is 26.5. The molecule has 0 aliphatic carbocycles. The summed E-state index contributed by atoms with van der Waals surface area (Å²) in [7, 11) is 2.11. The van der Waals surface area contributed by atoms with Gasteiger partial charge in [0.25, 0.3) is 0 Å². The lowest BCUT2D eigenvalue weighted by molar-refractivity contribution is 0.132. The van der Waals surface area contributed by atoms with Crippen LogP contribution < -0.4 is 0 Å². The third-order valence-electron chi connectivity index (χ3n) is 7.08. The maximum Gasteiger partial charge on any atom is 0.0544 e. The van der Waals surface area contributed by atoms with E-state index >= 15 is 0 Å². The molecule has 6 heterocycles. The SMILES string of the molecule is CN(Cc1ccccn1)CN(Cc1ccccn1)Cc1ccccn1.Cc1cc(Cc2ccccn2)nc(Cc2ccccn2)c1. The molecule has 0 unspecified atom stereocenters. The summed E-state index contributed by atoms with van der Waals surface area (Å²) >= 11 is 0. The van der Waals surface area contributed by atoms with Crippen molar-refractivity contribution < 1.29 is 0 Å². The molecule has 0 saturated heterocycles. The Bertz CT molecular complexity index is 1600. The van der Waals surface area contributed by atoms with Crippen molar-refractivity contribution in [2.75, 3.05) is 13.7 Å². The molecule has 0 fully saturated rings. The highest BCUT2D eigenvalue weighted by Gasteiger charge is 2.12. The van der Waals surface area contributed by atoms with Crippen LogP contribution in [0.3, 0.4) is 0 Å². The largest absolute Gasteiger partial charge is 0.288 e. The van der Waals surface area contributed by atoms with Crippen LogP contribution in [0, 0.1) is 6.92 Å². The molecule has 8 nitrogen and oxygen atoms in total. The van der Waals surface area contributed by atoms with E-state index in [-0.39, 0.29) is 0 Å². The second kappa shape index (κ2) is 17.3. The molecule has 0 amide bonds. The van der Waals surface area contributed by atoms with Crippen molar-refractivity contribution in [2.24, 2.45) is 0 Å². The monoisotopic (exact) mass is 608 g/mol. The first-order chi connectivity index (χ1) is 22.6. The molecule has 232 valence electrons. The van der Waals surface area contributed by atoms with Gasteiger partial charge in [0.2, 0.25) is 0 Å². The van der Waals surface area contributed by atoms with Crippen LogP contribution in [0.15, 0.2) is 134 Å². The Morgan fingerprint density at radius 2 is 0.826 bits per heavy atom. The number of rotatable bonds is 12. The maximum absolute atomic E-state index is 4.74. The molecule has 8 heteroatoms. The Morgan fingerprint density at radius 3 is 1.20 bits per heavy atom. The number of aromatic nitrogens is 6. The molecule has 0 spiro atoms. The molecule has 6 aromatic rings. The van der Waals surface area contributed by atoms with Gasteiger partial charge in [-0.05, 0) is 92.3 Å². The topological polar surface area (TPSA) is 83.8 Å². The van der Waals surface area contributed by atoms with Crippen molar-refractivity contribution in [3.8, 4) is 0 Å². The highest BCUT2D eigenvalue weighted by atomic mass is 15.3. The van der Waals surface area contributed by atoms with E-state index < -0.39 is 0 Å². The summed E-state index contributed by atoms with van der Waals surface area (Å²) in [6.07, 6.45) is 10.7. The van der Waals surface area contributed by atoms with Crippen LogP contribution in [-0.4, -0.2) is 53.4 Å². The first-order valence-corrected chi connectivity index (χ1v) is 15.5.